The molecule has 0 saturated heterocycles. The van der Waals surface area contributed by atoms with Crippen LogP contribution in [0.2, 0.25) is 0 Å². The molecular weight excluding hydrogens is 324 g/mol. The third-order valence-electron chi connectivity index (χ3n) is 4.26. The topological polar surface area (TPSA) is 81.1 Å². The third kappa shape index (κ3) is 2.15. The van der Waals surface area contributed by atoms with E-state index in [4.69, 9.17) is 0 Å². The molecule has 0 radical (unpaired) electrons. The molecule has 4 aromatic heterocycles. The number of aliphatic hydroxyl groups is 1. The summed E-state index contributed by atoms with van der Waals surface area (Å²) in [6.45, 7) is 0. The number of pyridine rings is 1. The molecule has 120 valence electrons. The summed E-state index contributed by atoms with van der Waals surface area (Å²) in [7, 11) is 0. The number of hydrogen-bond donors (Lipinski definition) is 1. The number of aromatic nitrogens is 6. The number of fused-ring (bicyclic) bond motifs is 1. The van der Waals surface area contributed by atoms with Crippen molar-refractivity contribution in [1.29, 1.82) is 0 Å². The molecule has 5 rings (SSSR count). The molecule has 1 aliphatic carbocycles. The lowest BCUT2D eigenvalue weighted by atomic mass is 10.1. The van der Waals surface area contributed by atoms with Gasteiger partial charge in [-0.2, -0.15) is 0 Å². The lowest BCUT2D eigenvalue weighted by Gasteiger charge is -2.09. The predicted molar refractivity (Wildman–Crippen MR) is 88.3 cm³/mol. The first-order valence-corrected chi connectivity index (χ1v) is 8.58. The molecule has 0 aromatic carbocycles. The highest BCUT2D eigenvalue weighted by molar-refractivity contribution is 7.17. The maximum Gasteiger partial charge on any atom is 0.141 e. The Morgan fingerprint density at radius 1 is 1.21 bits per heavy atom. The first-order valence-electron chi connectivity index (χ1n) is 7.76. The van der Waals surface area contributed by atoms with Crippen LogP contribution in [-0.4, -0.2) is 34.5 Å². The lowest BCUT2D eigenvalue weighted by Crippen LogP contribution is -2.06. The number of thiazole rings is 1. The van der Waals surface area contributed by atoms with Crippen LogP contribution in [0.5, 0.6) is 0 Å². The van der Waals surface area contributed by atoms with Crippen LogP contribution in [0.25, 0.3) is 10.5 Å². The van der Waals surface area contributed by atoms with Crippen LogP contribution in [0.4, 0.5) is 0 Å². The number of hydrogen-bond acceptors (Lipinski definition) is 6. The Bertz CT molecular complexity index is 1000. The van der Waals surface area contributed by atoms with Gasteiger partial charge in [0.1, 0.15) is 23.0 Å². The van der Waals surface area contributed by atoms with Crippen LogP contribution >= 0.6 is 11.3 Å². The predicted octanol–water partition coefficient (Wildman–Crippen LogP) is 2.33. The average molecular weight is 338 g/mol. The van der Waals surface area contributed by atoms with Gasteiger partial charge in [-0.15, -0.1) is 16.4 Å². The number of imidazole rings is 1. The van der Waals surface area contributed by atoms with Crippen molar-refractivity contribution in [2.75, 3.05) is 0 Å². The van der Waals surface area contributed by atoms with E-state index in [0.29, 0.717) is 11.6 Å². The highest BCUT2D eigenvalue weighted by atomic mass is 32.1. The number of nitrogens with zero attached hydrogens (tertiary/aromatic N) is 6. The molecule has 4 heterocycles. The van der Waals surface area contributed by atoms with Crippen LogP contribution < -0.4 is 0 Å². The van der Waals surface area contributed by atoms with Gasteiger partial charge in [-0.3, -0.25) is 9.38 Å². The Morgan fingerprint density at radius 3 is 2.83 bits per heavy atom. The maximum absolute atomic E-state index is 10.9. The molecule has 1 aliphatic rings. The fourth-order valence-electron chi connectivity index (χ4n) is 2.89. The van der Waals surface area contributed by atoms with Crippen molar-refractivity contribution in [1.82, 2.24) is 29.4 Å². The smallest absolute Gasteiger partial charge is 0.141 e. The van der Waals surface area contributed by atoms with Crippen molar-refractivity contribution >= 4 is 16.2 Å². The summed E-state index contributed by atoms with van der Waals surface area (Å²) in [5.74, 6) is 0.551. The molecule has 0 spiro atoms. The van der Waals surface area contributed by atoms with E-state index in [0.717, 1.165) is 16.2 Å². The lowest BCUT2D eigenvalue weighted by molar-refractivity contribution is 0.208. The van der Waals surface area contributed by atoms with E-state index in [1.54, 1.807) is 40.9 Å². The molecular formula is C16H14N6OS. The van der Waals surface area contributed by atoms with Crippen molar-refractivity contribution in [3.63, 3.8) is 0 Å². The van der Waals surface area contributed by atoms with Gasteiger partial charge >= 0.3 is 0 Å². The Hall–Kier alpha value is -2.58. The van der Waals surface area contributed by atoms with Crippen LogP contribution in [0.3, 0.4) is 0 Å². The van der Waals surface area contributed by atoms with Crippen molar-refractivity contribution in [2.24, 2.45) is 0 Å². The van der Waals surface area contributed by atoms with Crippen molar-refractivity contribution in [3.8, 4) is 5.69 Å². The second kappa shape index (κ2) is 5.22. The van der Waals surface area contributed by atoms with Gasteiger partial charge in [-0.05, 0) is 30.9 Å². The Balaban J connectivity index is 1.57. The maximum atomic E-state index is 10.9. The van der Waals surface area contributed by atoms with E-state index < -0.39 is 6.10 Å². The summed E-state index contributed by atoms with van der Waals surface area (Å²) in [6, 6.07) is 3.69. The van der Waals surface area contributed by atoms with Crippen LogP contribution in [-0.2, 0) is 0 Å². The fraction of sp³-hybridized carbons (Fsp3) is 0.250. The summed E-state index contributed by atoms with van der Waals surface area (Å²) in [5, 5.41) is 19.3. The molecule has 7 nitrogen and oxygen atoms in total. The molecule has 0 amide bonds. The standard InChI is InChI=1S/C16H14N6OS/c23-15(12-8-22(20-19-12)11-3-5-17-6-4-11)14-16(10-1-2-10)24-13-7-18-9-21(13)14/h3-10,15,23H,1-2H2. The minimum Gasteiger partial charge on any atom is -0.380 e. The zero-order valence-electron chi connectivity index (χ0n) is 12.6. The summed E-state index contributed by atoms with van der Waals surface area (Å²) in [5.41, 5.74) is 2.26. The van der Waals surface area contributed by atoms with E-state index in [-0.39, 0.29) is 0 Å². The summed E-state index contributed by atoms with van der Waals surface area (Å²) in [4.78, 5) is 10.5. The van der Waals surface area contributed by atoms with E-state index >= 15 is 0 Å². The molecule has 1 fully saturated rings. The fourth-order valence-corrected chi connectivity index (χ4v) is 4.19. The van der Waals surface area contributed by atoms with Gasteiger partial charge in [0.2, 0.25) is 0 Å². The molecule has 1 unspecified atom stereocenters. The Labute approximate surface area is 141 Å². The van der Waals surface area contributed by atoms with Crippen molar-refractivity contribution < 1.29 is 5.11 Å². The second-order valence-electron chi connectivity index (χ2n) is 5.92. The molecule has 1 N–H and O–H groups in total. The SMILES string of the molecule is OC(c1cn(-c2ccncc2)nn1)c1c(C2CC2)sc2cncn12. The minimum absolute atomic E-state index is 0.530. The van der Waals surface area contributed by atoms with Gasteiger partial charge in [-0.25, -0.2) is 9.67 Å². The average Bonchev–Trinajstić information content (AvgIpc) is 3.04. The highest BCUT2D eigenvalue weighted by Crippen LogP contribution is 2.47. The van der Waals surface area contributed by atoms with Crippen LogP contribution in [0, 0.1) is 0 Å². The molecule has 0 bridgehead atoms. The largest absolute Gasteiger partial charge is 0.380 e. The summed E-state index contributed by atoms with van der Waals surface area (Å²) < 4.78 is 3.61. The number of rotatable bonds is 4. The van der Waals surface area contributed by atoms with Crippen molar-refractivity contribution in [2.45, 2.75) is 24.9 Å². The molecule has 0 aliphatic heterocycles. The summed E-state index contributed by atoms with van der Waals surface area (Å²) >= 11 is 1.70. The van der Waals surface area contributed by atoms with Gasteiger partial charge in [-0.1, -0.05) is 5.21 Å². The quantitative estimate of drug-likeness (QED) is 0.618. The minimum atomic E-state index is -0.820. The van der Waals surface area contributed by atoms with E-state index in [2.05, 4.69) is 20.3 Å². The van der Waals surface area contributed by atoms with Gasteiger partial charge in [0.15, 0.2) is 0 Å². The molecule has 1 atom stereocenters. The van der Waals surface area contributed by atoms with Gasteiger partial charge in [0, 0.05) is 17.3 Å². The monoisotopic (exact) mass is 338 g/mol. The Kier molecular flexibility index (Phi) is 3.00. The van der Waals surface area contributed by atoms with Gasteiger partial charge < -0.3 is 5.11 Å². The number of aliphatic hydroxyl groups excluding tert-OH is 1. The zero-order chi connectivity index (χ0) is 16.1. The Morgan fingerprint density at radius 2 is 2.04 bits per heavy atom. The van der Waals surface area contributed by atoms with E-state index in [9.17, 15) is 5.11 Å². The van der Waals surface area contributed by atoms with Crippen LogP contribution in [0.15, 0.2) is 43.2 Å². The van der Waals surface area contributed by atoms with Crippen molar-refractivity contribution in [3.05, 3.63) is 59.5 Å². The first kappa shape index (κ1) is 13.8. The molecule has 4 aromatic rings. The van der Waals surface area contributed by atoms with Gasteiger partial charge in [0.05, 0.1) is 23.8 Å². The molecule has 8 heteroatoms. The van der Waals surface area contributed by atoms with Gasteiger partial charge in [0.25, 0.3) is 0 Å². The first-order chi connectivity index (χ1) is 11.8. The summed E-state index contributed by atoms with van der Waals surface area (Å²) in [6.07, 6.45) is 10.3. The third-order valence-corrected chi connectivity index (χ3v) is 5.53. The van der Waals surface area contributed by atoms with Crippen LogP contribution in [0.1, 0.15) is 41.1 Å². The normalized spacial score (nSPS) is 15.9. The second-order valence-corrected chi connectivity index (χ2v) is 6.99. The van der Waals surface area contributed by atoms with E-state index in [1.807, 2.05) is 22.7 Å². The van der Waals surface area contributed by atoms with E-state index in [1.165, 1.54) is 17.7 Å². The molecule has 24 heavy (non-hydrogen) atoms. The highest BCUT2D eigenvalue weighted by Gasteiger charge is 2.33. The molecule has 1 saturated carbocycles. The zero-order valence-corrected chi connectivity index (χ0v) is 13.5.